The Kier molecular flexibility index (Phi) is 6.36. The van der Waals surface area contributed by atoms with Crippen LogP contribution in [0.2, 0.25) is 0 Å². The molecule has 0 aliphatic carbocycles. The number of carbonyl (C=O) groups is 1. The normalized spacial score (nSPS) is 20.4. The van der Waals surface area contributed by atoms with Crippen molar-refractivity contribution in [3.8, 4) is 5.69 Å². The van der Waals surface area contributed by atoms with Gasteiger partial charge in [-0.2, -0.15) is 5.10 Å². The molecule has 2 heterocycles. The van der Waals surface area contributed by atoms with Gasteiger partial charge >= 0.3 is 0 Å². The number of nitrogens with zero attached hydrogens (tertiary/aromatic N) is 3. The van der Waals surface area contributed by atoms with Crippen LogP contribution < -0.4 is 10.0 Å². The van der Waals surface area contributed by atoms with Crippen LogP contribution in [-0.2, 0) is 21.2 Å². The molecule has 3 aromatic carbocycles. The Balaban J connectivity index is 1.53. The van der Waals surface area contributed by atoms with Crippen molar-refractivity contribution < 1.29 is 17.6 Å². The molecule has 0 saturated carbocycles. The second-order valence-corrected chi connectivity index (χ2v) is 10.9. The molecule has 7 nitrogen and oxygen atoms in total. The van der Waals surface area contributed by atoms with E-state index in [1.54, 1.807) is 27.9 Å². The van der Waals surface area contributed by atoms with Gasteiger partial charge in [0.1, 0.15) is 5.82 Å². The summed E-state index contributed by atoms with van der Waals surface area (Å²) in [6.45, 7) is 1.96. The third-order valence-electron chi connectivity index (χ3n) is 6.94. The number of hydrogen-bond donors (Lipinski definition) is 1. The zero-order valence-electron chi connectivity index (χ0n) is 19.8. The van der Waals surface area contributed by atoms with E-state index in [2.05, 4.69) is 5.10 Å². The number of halogens is 1. The van der Waals surface area contributed by atoms with Crippen molar-refractivity contribution in [3.05, 3.63) is 90.4 Å². The molecule has 1 fully saturated rings. The van der Waals surface area contributed by atoms with E-state index in [9.17, 15) is 17.6 Å². The molecular weight excluding hydrogens is 479 g/mol. The van der Waals surface area contributed by atoms with Gasteiger partial charge in [0.2, 0.25) is 15.9 Å². The number of rotatable bonds is 7. The van der Waals surface area contributed by atoms with Crippen LogP contribution in [0, 0.1) is 17.7 Å². The Morgan fingerprint density at radius 1 is 1.00 bits per heavy atom. The van der Waals surface area contributed by atoms with Crippen LogP contribution in [0.3, 0.4) is 0 Å². The van der Waals surface area contributed by atoms with Gasteiger partial charge in [0.25, 0.3) is 0 Å². The zero-order valence-corrected chi connectivity index (χ0v) is 20.6. The van der Waals surface area contributed by atoms with Crippen LogP contribution in [-0.4, -0.2) is 35.9 Å². The molecule has 1 aromatic heterocycles. The van der Waals surface area contributed by atoms with Gasteiger partial charge in [-0.05, 0) is 60.9 Å². The molecule has 4 aromatic rings. The van der Waals surface area contributed by atoms with Crippen molar-refractivity contribution in [1.82, 2.24) is 9.78 Å². The van der Waals surface area contributed by atoms with Crippen LogP contribution >= 0.6 is 0 Å². The van der Waals surface area contributed by atoms with Crippen molar-refractivity contribution in [2.45, 2.75) is 25.8 Å². The van der Waals surface area contributed by atoms with E-state index in [4.69, 9.17) is 5.14 Å². The molecule has 1 aliphatic rings. The van der Waals surface area contributed by atoms with Crippen molar-refractivity contribution >= 4 is 32.5 Å². The predicted octanol–water partition coefficient (Wildman–Crippen LogP) is 4.05. The summed E-state index contributed by atoms with van der Waals surface area (Å²) in [7, 11) is -3.79. The summed E-state index contributed by atoms with van der Waals surface area (Å²) < 4.78 is 39.4. The second-order valence-electron chi connectivity index (χ2n) is 9.25. The third kappa shape index (κ3) is 4.64. The summed E-state index contributed by atoms with van der Waals surface area (Å²) in [5.41, 5.74) is 3.20. The summed E-state index contributed by atoms with van der Waals surface area (Å²) in [5, 5.41) is 10.7. The fourth-order valence-corrected chi connectivity index (χ4v) is 6.34. The maximum Gasteiger partial charge on any atom is 0.231 e. The average Bonchev–Trinajstić information content (AvgIpc) is 3.38. The Morgan fingerprint density at radius 2 is 1.69 bits per heavy atom. The third-order valence-corrected chi connectivity index (χ3v) is 7.79. The van der Waals surface area contributed by atoms with E-state index < -0.39 is 21.9 Å². The van der Waals surface area contributed by atoms with Crippen LogP contribution in [0.25, 0.3) is 16.6 Å². The van der Waals surface area contributed by atoms with Gasteiger partial charge in [-0.25, -0.2) is 22.6 Å². The molecular formula is C27H27FN4O3S. The fourth-order valence-electron chi connectivity index (χ4n) is 5.35. The van der Waals surface area contributed by atoms with E-state index in [0.717, 1.165) is 22.2 Å². The topological polar surface area (TPSA) is 98.3 Å². The maximum absolute atomic E-state index is 13.8. The van der Waals surface area contributed by atoms with E-state index in [1.807, 2.05) is 55.5 Å². The number of carbonyl (C=O) groups excluding carboxylic acids is 1. The Bertz CT molecular complexity index is 1500. The number of nitrogens with two attached hydrogens (primary N) is 1. The summed E-state index contributed by atoms with van der Waals surface area (Å²) in [5.74, 6) is -1.63. The molecule has 9 heteroatoms. The van der Waals surface area contributed by atoms with Gasteiger partial charge in [0.05, 0.1) is 23.2 Å². The molecule has 36 heavy (non-hydrogen) atoms. The number of aromatic nitrogens is 2. The van der Waals surface area contributed by atoms with Gasteiger partial charge < -0.3 is 4.90 Å². The molecule has 1 aliphatic heterocycles. The fraction of sp³-hybridized carbons (Fsp3) is 0.259. The van der Waals surface area contributed by atoms with E-state index >= 15 is 0 Å². The Hall–Kier alpha value is -3.56. The van der Waals surface area contributed by atoms with E-state index in [1.165, 1.54) is 12.1 Å². The van der Waals surface area contributed by atoms with Crippen LogP contribution in [0.4, 0.5) is 10.1 Å². The number of primary sulfonamides is 1. The van der Waals surface area contributed by atoms with Gasteiger partial charge in [-0.3, -0.25) is 4.79 Å². The van der Waals surface area contributed by atoms with Crippen LogP contribution in [0.5, 0.6) is 0 Å². The highest BCUT2D eigenvalue weighted by Gasteiger charge is 2.48. The average molecular weight is 507 g/mol. The van der Waals surface area contributed by atoms with Crippen LogP contribution in [0.1, 0.15) is 18.9 Å². The maximum atomic E-state index is 13.8. The minimum atomic E-state index is -3.79. The number of amides is 1. The quantitative estimate of drug-likeness (QED) is 0.409. The lowest BCUT2D eigenvalue weighted by Crippen LogP contribution is -2.37. The van der Waals surface area contributed by atoms with Crippen molar-refractivity contribution in [1.29, 1.82) is 0 Å². The summed E-state index contributed by atoms with van der Waals surface area (Å²) in [6, 6.07) is 21.0. The standard InChI is InChI=1S/C27H27FN4O3S/c1-2-25-24(17-36(29,34)35)23(14-18-6-4-3-5-7-18)27(33)31(25)22-12-13-26-19(15-22)16-30-32(26)21-10-8-20(28)9-11-21/h3-13,15-16,23-25H,2,14,17H2,1H3,(H2,29,34,35). The summed E-state index contributed by atoms with van der Waals surface area (Å²) >= 11 is 0. The SMILES string of the molecule is CCC1C(CS(N)(=O)=O)C(Cc2ccccc2)C(=O)N1c1ccc2c(cnn2-c2ccc(F)cc2)c1. The minimum Gasteiger partial charge on any atom is -0.309 e. The molecule has 186 valence electrons. The second kappa shape index (κ2) is 9.48. The molecule has 2 N–H and O–H groups in total. The first-order valence-electron chi connectivity index (χ1n) is 11.9. The summed E-state index contributed by atoms with van der Waals surface area (Å²) in [6.07, 6.45) is 2.73. The number of fused-ring (bicyclic) bond motifs is 1. The molecule has 3 unspecified atom stereocenters. The molecule has 0 bridgehead atoms. The van der Waals surface area contributed by atoms with Gasteiger partial charge in [0, 0.05) is 29.0 Å². The number of hydrogen-bond acceptors (Lipinski definition) is 4. The lowest BCUT2D eigenvalue weighted by Gasteiger charge is -2.27. The van der Waals surface area contributed by atoms with Gasteiger partial charge in [0.15, 0.2) is 0 Å². The van der Waals surface area contributed by atoms with Crippen molar-refractivity contribution in [3.63, 3.8) is 0 Å². The molecule has 3 atom stereocenters. The lowest BCUT2D eigenvalue weighted by atomic mass is 9.86. The first-order chi connectivity index (χ1) is 17.2. The van der Waals surface area contributed by atoms with Crippen LogP contribution in [0.15, 0.2) is 79.0 Å². The Morgan fingerprint density at radius 3 is 2.36 bits per heavy atom. The molecule has 0 radical (unpaired) electrons. The largest absolute Gasteiger partial charge is 0.309 e. The highest BCUT2D eigenvalue weighted by atomic mass is 32.2. The molecule has 0 spiro atoms. The van der Waals surface area contributed by atoms with E-state index in [0.29, 0.717) is 18.5 Å². The molecule has 5 rings (SSSR count). The molecule has 1 amide bonds. The predicted molar refractivity (Wildman–Crippen MR) is 138 cm³/mol. The van der Waals surface area contributed by atoms with Crippen molar-refractivity contribution in [2.75, 3.05) is 10.7 Å². The van der Waals surface area contributed by atoms with E-state index in [-0.39, 0.29) is 23.5 Å². The van der Waals surface area contributed by atoms with Gasteiger partial charge in [-0.15, -0.1) is 0 Å². The highest BCUT2D eigenvalue weighted by Crippen LogP contribution is 2.40. The minimum absolute atomic E-state index is 0.107. The van der Waals surface area contributed by atoms with Gasteiger partial charge in [-0.1, -0.05) is 37.3 Å². The van der Waals surface area contributed by atoms with Crippen molar-refractivity contribution in [2.24, 2.45) is 17.0 Å². The number of sulfonamides is 1. The Labute approximate surface area is 209 Å². The first kappa shape index (κ1) is 24.1. The lowest BCUT2D eigenvalue weighted by molar-refractivity contribution is -0.120. The first-order valence-corrected chi connectivity index (χ1v) is 13.6. The number of anilines is 1. The molecule has 1 saturated heterocycles. The monoisotopic (exact) mass is 506 g/mol. The zero-order chi connectivity index (χ0) is 25.4. The smallest absolute Gasteiger partial charge is 0.231 e. The summed E-state index contributed by atoms with van der Waals surface area (Å²) in [4.78, 5) is 15.5. The number of benzene rings is 3. The highest BCUT2D eigenvalue weighted by molar-refractivity contribution is 7.89.